The van der Waals surface area contributed by atoms with Crippen molar-refractivity contribution in [2.75, 3.05) is 7.11 Å². The average molecular weight is 294 g/mol. The number of methoxy groups -OCH3 is 1. The van der Waals surface area contributed by atoms with Crippen molar-refractivity contribution in [1.82, 2.24) is 5.32 Å². The van der Waals surface area contributed by atoms with Crippen LogP contribution in [0.25, 0.3) is 0 Å². The summed E-state index contributed by atoms with van der Waals surface area (Å²) in [7, 11) is 1.25. The van der Waals surface area contributed by atoms with E-state index < -0.39 is 23.1 Å². The van der Waals surface area contributed by atoms with Gasteiger partial charge < -0.3 is 20.9 Å². The smallest absolute Gasteiger partial charge is 0.357 e. The highest BCUT2D eigenvalue weighted by atomic mass is 16.5. The number of nitrogens with two attached hydrogens (primary N) is 1. The third-order valence-electron chi connectivity index (χ3n) is 3.30. The van der Waals surface area contributed by atoms with Crippen molar-refractivity contribution < 1.29 is 19.4 Å². The van der Waals surface area contributed by atoms with E-state index in [1.807, 2.05) is 19.1 Å². The van der Waals surface area contributed by atoms with Crippen LogP contribution in [0.5, 0.6) is 0 Å². The summed E-state index contributed by atoms with van der Waals surface area (Å²) >= 11 is 0. The number of carbonyl (C=O) groups excluding carboxylic acids is 1. The molecule has 1 aromatic rings. The van der Waals surface area contributed by atoms with Gasteiger partial charge in [0.05, 0.1) is 5.54 Å². The van der Waals surface area contributed by atoms with Gasteiger partial charge in [-0.2, -0.15) is 0 Å². The molecular formula is C15H22N2O4. The third kappa shape index (κ3) is 4.03. The normalized spacial score (nSPS) is 14.3. The lowest BCUT2D eigenvalue weighted by Gasteiger charge is -2.32. The van der Waals surface area contributed by atoms with E-state index in [0.29, 0.717) is 0 Å². The Bertz CT molecular complexity index is 537. The molecule has 0 unspecified atom stereocenters. The van der Waals surface area contributed by atoms with Gasteiger partial charge in [-0.1, -0.05) is 24.3 Å². The van der Waals surface area contributed by atoms with Crippen molar-refractivity contribution in [2.24, 2.45) is 5.73 Å². The van der Waals surface area contributed by atoms with Crippen LogP contribution in [0, 0.1) is 6.92 Å². The molecule has 6 nitrogen and oxygen atoms in total. The zero-order valence-electron chi connectivity index (χ0n) is 12.8. The second kappa shape index (κ2) is 6.24. The minimum atomic E-state index is -1.85. The number of hydrogen-bond acceptors (Lipinski definition) is 4. The van der Waals surface area contributed by atoms with Gasteiger partial charge in [0.15, 0.2) is 0 Å². The summed E-state index contributed by atoms with van der Waals surface area (Å²) < 4.78 is 5.14. The molecule has 21 heavy (non-hydrogen) atoms. The Labute approximate surface area is 124 Å². The third-order valence-corrected chi connectivity index (χ3v) is 3.30. The van der Waals surface area contributed by atoms with Crippen LogP contribution in [0.3, 0.4) is 0 Å². The minimum Gasteiger partial charge on any atom is -0.478 e. The summed E-state index contributed by atoms with van der Waals surface area (Å²) in [6, 6.07) is 7.33. The molecule has 1 aromatic carbocycles. The van der Waals surface area contributed by atoms with Crippen LogP contribution < -0.4 is 11.1 Å². The van der Waals surface area contributed by atoms with E-state index in [-0.39, 0.29) is 6.42 Å². The predicted octanol–water partition coefficient (Wildman–Crippen LogP) is 0.818. The second-order valence-corrected chi connectivity index (χ2v) is 5.62. The fourth-order valence-corrected chi connectivity index (χ4v) is 1.80. The predicted molar refractivity (Wildman–Crippen MR) is 78.7 cm³/mol. The van der Waals surface area contributed by atoms with Crippen molar-refractivity contribution >= 4 is 11.9 Å². The number of aryl methyl sites for hydroxylation is 1. The van der Waals surface area contributed by atoms with E-state index in [1.165, 1.54) is 21.0 Å². The van der Waals surface area contributed by atoms with E-state index in [1.54, 1.807) is 12.1 Å². The monoisotopic (exact) mass is 294 g/mol. The highest BCUT2D eigenvalue weighted by Crippen LogP contribution is 2.19. The molecule has 0 bridgehead atoms. The molecule has 0 aliphatic heterocycles. The number of carboxylic acids is 1. The van der Waals surface area contributed by atoms with Gasteiger partial charge in [-0.05, 0) is 31.9 Å². The van der Waals surface area contributed by atoms with Crippen LogP contribution in [0.4, 0.5) is 0 Å². The van der Waals surface area contributed by atoms with Gasteiger partial charge in [-0.15, -0.1) is 0 Å². The SMILES string of the molecule is CO[C@@](Cc1ccccc1C)(NC(=O)C(C)(C)N)C(=O)O. The first-order valence-electron chi connectivity index (χ1n) is 6.57. The average Bonchev–Trinajstić information content (AvgIpc) is 2.38. The Kier molecular flexibility index (Phi) is 5.09. The Hall–Kier alpha value is -1.92. The van der Waals surface area contributed by atoms with Gasteiger partial charge in [-0.25, -0.2) is 4.79 Å². The number of rotatable bonds is 6. The van der Waals surface area contributed by atoms with Gasteiger partial charge >= 0.3 is 5.97 Å². The van der Waals surface area contributed by atoms with Gasteiger partial charge in [0, 0.05) is 13.5 Å². The van der Waals surface area contributed by atoms with Crippen molar-refractivity contribution in [3.8, 4) is 0 Å². The standard InChI is InChI=1S/C15H22N2O4/c1-10-7-5-6-8-11(10)9-15(21-4,13(19)20)17-12(18)14(2,3)16/h5-8H,9,16H2,1-4H3,(H,17,18)(H,19,20)/t15-/m1/s1. The fourth-order valence-electron chi connectivity index (χ4n) is 1.80. The van der Waals surface area contributed by atoms with Gasteiger partial charge in [0.2, 0.25) is 11.6 Å². The summed E-state index contributed by atoms with van der Waals surface area (Å²) in [6.07, 6.45) is 0.00727. The molecule has 0 spiro atoms. The van der Waals surface area contributed by atoms with Gasteiger partial charge in [-0.3, -0.25) is 4.79 Å². The molecule has 0 aliphatic carbocycles. The largest absolute Gasteiger partial charge is 0.478 e. The summed E-state index contributed by atoms with van der Waals surface area (Å²) in [6.45, 7) is 4.86. The highest BCUT2D eigenvalue weighted by Gasteiger charge is 2.43. The maximum absolute atomic E-state index is 12.0. The lowest BCUT2D eigenvalue weighted by atomic mass is 9.96. The number of carboxylic acid groups (broad SMARTS) is 1. The molecule has 0 aliphatic rings. The van der Waals surface area contributed by atoms with Crippen LogP contribution >= 0.6 is 0 Å². The van der Waals surface area contributed by atoms with Crippen LogP contribution in [-0.2, 0) is 20.7 Å². The number of hydrogen-bond donors (Lipinski definition) is 3. The van der Waals surface area contributed by atoms with Crippen molar-refractivity contribution in [3.63, 3.8) is 0 Å². The van der Waals surface area contributed by atoms with E-state index in [0.717, 1.165) is 11.1 Å². The van der Waals surface area contributed by atoms with Crippen LogP contribution in [0.1, 0.15) is 25.0 Å². The van der Waals surface area contributed by atoms with Crippen molar-refractivity contribution in [2.45, 2.75) is 38.5 Å². The van der Waals surface area contributed by atoms with Gasteiger partial charge in [0.25, 0.3) is 0 Å². The molecule has 1 rings (SSSR count). The first-order valence-corrected chi connectivity index (χ1v) is 6.57. The number of benzene rings is 1. The molecule has 6 heteroatoms. The molecule has 1 amide bonds. The number of nitrogens with one attached hydrogen (secondary N) is 1. The first kappa shape index (κ1) is 17.1. The lowest BCUT2D eigenvalue weighted by molar-refractivity contribution is -0.170. The molecule has 1 atom stereocenters. The number of carbonyl (C=O) groups is 2. The molecule has 116 valence electrons. The molecule has 0 fully saturated rings. The molecule has 0 aromatic heterocycles. The van der Waals surface area contributed by atoms with E-state index >= 15 is 0 Å². The summed E-state index contributed by atoms with van der Waals surface area (Å²) in [5, 5.41) is 11.9. The maximum Gasteiger partial charge on any atom is 0.357 e. The number of ether oxygens (including phenoxy) is 1. The van der Waals surface area contributed by atoms with Crippen LogP contribution in [-0.4, -0.2) is 35.4 Å². The van der Waals surface area contributed by atoms with Crippen molar-refractivity contribution in [3.05, 3.63) is 35.4 Å². The number of aliphatic carboxylic acids is 1. The Balaban J connectivity index is 3.13. The highest BCUT2D eigenvalue weighted by molar-refractivity contribution is 5.90. The maximum atomic E-state index is 12.0. The Morgan fingerprint density at radius 1 is 1.33 bits per heavy atom. The molecule has 0 radical (unpaired) electrons. The second-order valence-electron chi connectivity index (χ2n) is 5.62. The topological polar surface area (TPSA) is 102 Å². The fraction of sp³-hybridized carbons (Fsp3) is 0.467. The molecule has 0 saturated heterocycles. The molecule has 0 saturated carbocycles. The molecule has 0 heterocycles. The Morgan fingerprint density at radius 2 is 1.90 bits per heavy atom. The van der Waals surface area contributed by atoms with Crippen LogP contribution in [0.15, 0.2) is 24.3 Å². The summed E-state index contributed by atoms with van der Waals surface area (Å²) in [4.78, 5) is 23.7. The van der Waals surface area contributed by atoms with Crippen molar-refractivity contribution in [1.29, 1.82) is 0 Å². The van der Waals surface area contributed by atoms with E-state index in [9.17, 15) is 14.7 Å². The molecule has 4 N–H and O–H groups in total. The zero-order chi connectivity index (χ0) is 16.3. The summed E-state index contributed by atoms with van der Waals surface area (Å²) in [5.74, 6) is -1.87. The minimum absolute atomic E-state index is 0.00727. The zero-order valence-corrected chi connectivity index (χ0v) is 12.8. The Morgan fingerprint density at radius 3 is 2.33 bits per heavy atom. The molecular weight excluding hydrogens is 272 g/mol. The summed E-state index contributed by atoms with van der Waals surface area (Å²) in [5.41, 5.74) is 4.35. The van der Waals surface area contributed by atoms with E-state index in [4.69, 9.17) is 10.5 Å². The van der Waals surface area contributed by atoms with E-state index in [2.05, 4.69) is 5.32 Å². The van der Waals surface area contributed by atoms with Gasteiger partial charge in [0.1, 0.15) is 0 Å². The lowest BCUT2D eigenvalue weighted by Crippen LogP contribution is -2.63. The van der Waals surface area contributed by atoms with Crippen LogP contribution in [0.2, 0.25) is 0 Å². The quantitative estimate of drug-likeness (QED) is 0.674. The first-order chi connectivity index (χ1) is 9.62. The number of amides is 1.